The predicted molar refractivity (Wildman–Crippen MR) is 94.9 cm³/mol. The van der Waals surface area contributed by atoms with Gasteiger partial charge in [-0.2, -0.15) is 11.8 Å². The predicted octanol–water partition coefficient (Wildman–Crippen LogP) is 0.933. The molecular weight excluding hydrogens is 326 g/mol. The van der Waals surface area contributed by atoms with Gasteiger partial charge in [0, 0.05) is 11.6 Å². The first kappa shape index (κ1) is 18.3. The second kappa shape index (κ2) is 9.32. The van der Waals surface area contributed by atoms with Gasteiger partial charge >= 0.3 is 0 Å². The number of rotatable bonds is 9. The van der Waals surface area contributed by atoms with Gasteiger partial charge in [-0.3, -0.25) is 14.4 Å². The molecule has 130 valence electrons. The Bertz CT molecular complexity index is 576. The fourth-order valence-corrected chi connectivity index (χ4v) is 2.60. The minimum absolute atomic E-state index is 0.0632. The van der Waals surface area contributed by atoms with Crippen LogP contribution < -0.4 is 16.0 Å². The fraction of sp³-hybridized carbons (Fsp3) is 0.471. The molecule has 1 atom stereocenters. The zero-order valence-electron chi connectivity index (χ0n) is 13.7. The number of carbonyl (C=O) groups excluding carboxylic acids is 3. The van der Waals surface area contributed by atoms with Gasteiger partial charge in [0.1, 0.15) is 6.04 Å². The first-order valence-electron chi connectivity index (χ1n) is 8.02. The van der Waals surface area contributed by atoms with Gasteiger partial charge in [-0.1, -0.05) is 18.2 Å². The Morgan fingerprint density at radius 1 is 1.21 bits per heavy atom. The molecule has 1 aromatic rings. The molecule has 0 bridgehead atoms. The number of nitrogens with one attached hydrogen (secondary N) is 3. The van der Waals surface area contributed by atoms with Gasteiger partial charge in [0.25, 0.3) is 5.91 Å². The van der Waals surface area contributed by atoms with Crippen molar-refractivity contribution in [2.45, 2.75) is 31.3 Å². The van der Waals surface area contributed by atoms with E-state index in [2.05, 4.69) is 16.0 Å². The second-order valence-corrected chi connectivity index (χ2v) is 6.72. The summed E-state index contributed by atoms with van der Waals surface area (Å²) in [5.41, 5.74) is 0.505. The monoisotopic (exact) mass is 349 g/mol. The van der Waals surface area contributed by atoms with Crippen LogP contribution in [-0.2, 0) is 9.59 Å². The summed E-state index contributed by atoms with van der Waals surface area (Å²) in [6.45, 7) is -0.0632. The average molecular weight is 349 g/mol. The van der Waals surface area contributed by atoms with Gasteiger partial charge in [-0.15, -0.1) is 0 Å². The third-order valence-electron chi connectivity index (χ3n) is 3.63. The van der Waals surface area contributed by atoms with E-state index in [1.807, 2.05) is 12.3 Å². The van der Waals surface area contributed by atoms with Crippen LogP contribution in [0.25, 0.3) is 0 Å². The molecule has 7 heteroatoms. The molecule has 0 spiro atoms. The van der Waals surface area contributed by atoms with Crippen LogP contribution in [0.5, 0.6) is 0 Å². The molecule has 0 aromatic heterocycles. The van der Waals surface area contributed by atoms with Crippen molar-refractivity contribution in [2.75, 3.05) is 18.6 Å². The molecule has 24 heavy (non-hydrogen) atoms. The Kier molecular flexibility index (Phi) is 7.11. The maximum atomic E-state index is 12.3. The van der Waals surface area contributed by atoms with E-state index >= 15 is 0 Å². The second-order valence-electron chi connectivity index (χ2n) is 5.73. The van der Waals surface area contributed by atoms with Crippen molar-refractivity contribution < 1.29 is 14.4 Å². The fourth-order valence-electron chi connectivity index (χ4n) is 2.13. The lowest BCUT2D eigenvalue weighted by atomic mass is 10.1. The first-order valence-corrected chi connectivity index (χ1v) is 9.41. The van der Waals surface area contributed by atoms with E-state index in [9.17, 15) is 14.4 Å². The lowest BCUT2D eigenvalue weighted by Crippen LogP contribution is -2.49. The molecule has 1 aromatic carbocycles. The summed E-state index contributed by atoms with van der Waals surface area (Å²) in [5.74, 6) is -0.0797. The molecule has 1 fully saturated rings. The molecule has 0 aliphatic heterocycles. The van der Waals surface area contributed by atoms with Gasteiger partial charge in [0.05, 0.1) is 6.54 Å². The molecule has 2 rings (SSSR count). The molecule has 3 amide bonds. The third-order valence-corrected chi connectivity index (χ3v) is 4.28. The van der Waals surface area contributed by atoms with Crippen LogP contribution in [0.3, 0.4) is 0 Å². The Labute approximate surface area is 146 Å². The van der Waals surface area contributed by atoms with E-state index in [0.717, 1.165) is 18.6 Å². The largest absolute Gasteiger partial charge is 0.352 e. The van der Waals surface area contributed by atoms with Gasteiger partial charge < -0.3 is 16.0 Å². The van der Waals surface area contributed by atoms with Crippen molar-refractivity contribution in [3.63, 3.8) is 0 Å². The Balaban J connectivity index is 1.86. The van der Waals surface area contributed by atoms with Gasteiger partial charge in [-0.05, 0) is 43.4 Å². The standard InChI is InChI=1S/C17H23N3O3S/c1-24-10-9-14(20-16(22)12-5-3-2-4-6-12)17(23)18-11-15(21)19-13-7-8-13/h2-6,13-14H,7-11H2,1H3,(H,18,23)(H,19,21)(H,20,22). The third kappa shape index (κ3) is 6.23. The molecule has 6 nitrogen and oxygen atoms in total. The summed E-state index contributed by atoms with van der Waals surface area (Å²) in [6.07, 6.45) is 4.46. The number of thioether (sulfide) groups is 1. The van der Waals surface area contributed by atoms with Crippen LogP contribution in [0.1, 0.15) is 29.6 Å². The highest BCUT2D eigenvalue weighted by Gasteiger charge is 2.25. The average Bonchev–Trinajstić information content (AvgIpc) is 3.41. The normalized spacial score (nSPS) is 14.5. The highest BCUT2D eigenvalue weighted by Crippen LogP contribution is 2.18. The Morgan fingerprint density at radius 3 is 2.54 bits per heavy atom. The van der Waals surface area contributed by atoms with Crippen LogP contribution in [0, 0.1) is 0 Å². The van der Waals surface area contributed by atoms with Crippen LogP contribution >= 0.6 is 11.8 Å². The van der Waals surface area contributed by atoms with Crippen molar-refractivity contribution in [3.05, 3.63) is 35.9 Å². The number of benzene rings is 1. The molecule has 0 radical (unpaired) electrons. The van der Waals surface area contributed by atoms with Gasteiger partial charge in [0.2, 0.25) is 11.8 Å². The molecular formula is C17H23N3O3S. The van der Waals surface area contributed by atoms with Crippen molar-refractivity contribution >= 4 is 29.5 Å². The van der Waals surface area contributed by atoms with Crippen LogP contribution in [-0.4, -0.2) is 48.4 Å². The van der Waals surface area contributed by atoms with E-state index in [1.165, 1.54) is 0 Å². The zero-order valence-corrected chi connectivity index (χ0v) is 14.5. The van der Waals surface area contributed by atoms with Crippen molar-refractivity contribution in [2.24, 2.45) is 0 Å². The highest BCUT2D eigenvalue weighted by molar-refractivity contribution is 7.98. The molecule has 1 aliphatic carbocycles. The van der Waals surface area contributed by atoms with Crippen molar-refractivity contribution in [3.8, 4) is 0 Å². The molecule has 0 heterocycles. The van der Waals surface area contributed by atoms with Gasteiger partial charge in [-0.25, -0.2) is 0 Å². The van der Waals surface area contributed by atoms with Crippen LogP contribution in [0.4, 0.5) is 0 Å². The maximum Gasteiger partial charge on any atom is 0.251 e. The SMILES string of the molecule is CSCCC(NC(=O)c1ccccc1)C(=O)NCC(=O)NC1CC1. The number of hydrogen-bond acceptors (Lipinski definition) is 4. The van der Waals surface area contributed by atoms with E-state index < -0.39 is 6.04 Å². The Morgan fingerprint density at radius 2 is 1.92 bits per heavy atom. The lowest BCUT2D eigenvalue weighted by molar-refractivity contribution is -0.127. The van der Waals surface area contributed by atoms with Crippen LogP contribution in [0.15, 0.2) is 30.3 Å². The zero-order chi connectivity index (χ0) is 17.4. The summed E-state index contributed by atoms with van der Waals surface area (Å²) in [4.78, 5) is 36.2. The van der Waals surface area contributed by atoms with E-state index in [-0.39, 0.29) is 30.3 Å². The summed E-state index contributed by atoms with van der Waals surface area (Å²) < 4.78 is 0. The van der Waals surface area contributed by atoms with Gasteiger partial charge in [0.15, 0.2) is 0 Å². The van der Waals surface area contributed by atoms with E-state index in [0.29, 0.717) is 12.0 Å². The van der Waals surface area contributed by atoms with Crippen molar-refractivity contribution in [1.82, 2.24) is 16.0 Å². The molecule has 1 unspecified atom stereocenters. The smallest absolute Gasteiger partial charge is 0.251 e. The highest BCUT2D eigenvalue weighted by atomic mass is 32.2. The summed E-state index contributed by atoms with van der Waals surface area (Å²) in [7, 11) is 0. The summed E-state index contributed by atoms with van der Waals surface area (Å²) in [6, 6.07) is 8.37. The van der Waals surface area contributed by atoms with Crippen LogP contribution in [0.2, 0.25) is 0 Å². The maximum absolute atomic E-state index is 12.3. The minimum atomic E-state index is -0.654. The molecule has 1 aliphatic rings. The molecule has 3 N–H and O–H groups in total. The number of hydrogen-bond donors (Lipinski definition) is 3. The number of carbonyl (C=O) groups is 3. The number of amides is 3. The first-order chi connectivity index (χ1) is 11.6. The van der Waals surface area contributed by atoms with Crippen molar-refractivity contribution in [1.29, 1.82) is 0 Å². The van der Waals surface area contributed by atoms with E-state index in [1.54, 1.807) is 36.0 Å². The summed E-state index contributed by atoms with van der Waals surface area (Å²) in [5, 5.41) is 8.17. The minimum Gasteiger partial charge on any atom is -0.352 e. The molecule has 0 saturated heterocycles. The topological polar surface area (TPSA) is 87.3 Å². The molecule has 1 saturated carbocycles. The summed E-state index contributed by atoms with van der Waals surface area (Å²) >= 11 is 1.60. The Hall–Kier alpha value is -2.02. The van der Waals surface area contributed by atoms with E-state index in [4.69, 9.17) is 0 Å². The lowest BCUT2D eigenvalue weighted by Gasteiger charge is -2.18. The quantitative estimate of drug-likeness (QED) is 0.619.